The normalized spacial score (nSPS) is 13.3. The second-order valence-corrected chi connectivity index (χ2v) is 5.64. The summed E-state index contributed by atoms with van der Waals surface area (Å²) in [4.78, 5) is 6.70. The number of thiophene rings is 1. The van der Waals surface area contributed by atoms with Gasteiger partial charge < -0.3 is 0 Å². The SMILES string of the molecule is CCN=c1scc(-c2cccs2)n1/N=C(/C)CC. The molecule has 2 rings (SSSR count). The molecule has 3 nitrogen and oxygen atoms in total. The number of nitrogens with zero attached hydrogens (tertiary/aromatic N) is 3. The van der Waals surface area contributed by atoms with Gasteiger partial charge in [0.05, 0.1) is 10.6 Å². The molecule has 5 heteroatoms. The molecule has 0 aromatic carbocycles. The summed E-state index contributed by atoms with van der Waals surface area (Å²) in [6.45, 7) is 7.00. The first-order chi connectivity index (χ1) is 8.76. The van der Waals surface area contributed by atoms with Crippen LogP contribution in [0.25, 0.3) is 10.6 Å². The molecule has 18 heavy (non-hydrogen) atoms. The van der Waals surface area contributed by atoms with E-state index in [4.69, 9.17) is 0 Å². The monoisotopic (exact) mass is 279 g/mol. The molecule has 0 saturated heterocycles. The number of thiazole rings is 1. The van der Waals surface area contributed by atoms with Gasteiger partial charge in [0.1, 0.15) is 0 Å². The Labute approximate surface area is 115 Å². The minimum absolute atomic E-state index is 0.783. The summed E-state index contributed by atoms with van der Waals surface area (Å²) < 4.78 is 1.97. The first-order valence-corrected chi connectivity index (χ1v) is 7.81. The predicted molar refractivity (Wildman–Crippen MR) is 80.5 cm³/mol. The van der Waals surface area contributed by atoms with Crippen LogP contribution in [-0.2, 0) is 0 Å². The van der Waals surface area contributed by atoms with Crippen molar-refractivity contribution in [3.63, 3.8) is 0 Å². The van der Waals surface area contributed by atoms with Gasteiger partial charge in [-0.15, -0.1) is 22.7 Å². The Hall–Kier alpha value is -1.20. The van der Waals surface area contributed by atoms with Crippen molar-refractivity contribution < 1.29 is 0 Å². The Morgan fingerprint density at radius 3 is 2.78 bits per heavy atom. The second-order valence-electron chi connectivity index (χ2n) is 3.86. The fourth-order valence-corrected chi connectivity index (χ4v) is 3.16. The van der Waals surface area contributed by atoms with Gasteiger partial charge >= 0.3 is 0 Å². The van der Waals surface area contributed by atoms with E-state index < -0.39 is 0 Å². The molecule has 0 aliphatic rings. The number of hydrogen-bond acceptors (Lipinski definition) is 4. The van der Waals surface area contributed by atoms with E-state index in [1.807, 2.05) is 11.6 Å². The molecule has 0 bridgehead atoms. The standard InChI is InChI=1S/C13H17N3S2/c1-4-10(3)15-16-11(12-7-6-8-17-12)9-18-13(16)14-5-2/h6-9H,4-5H2,1-3H3/b14-13?,15-10-. The molecule has 2 aromatic heterocycles. The van der Waals surface area contributed by atoms with E-state index in [0.717, 1.165) is 29.2 Å². The van der Waals surface area contributed by atoms with E-state index in [1.54, 1.807) is 22.7 Å². The van der Waals surface area contributed by atoms with Crippen LogP contribution in [0.3, 0.4) is 0 Å². The van der Waals surface area contributed by atoms with Crippen LogP contribution >= 0.6 is 22.7 Å². The highest BCUT2D eigenvalue weighted by molar-refractivity contribution is 7.14. The van der Waals surface area contributed by atoms with Crippen molar-refractivity contribution in [3.05, 3.63) is 27.7 Å². The minimum Gasteiger partial charge on any atom is -0.258 e. The predicted octanol–water partition coefficient (Wildman–Crippen LogP) is 3.83. The zero-order valence-corrected chi connectivity index (χ0v) is 12.5. The van der Waals surface area contributed by atoms with Crippen LogP contribution in [0.1, 0.15) is 27.2 Å². The van der Waals surface area contributed by atoms with Gasteiger partial charge in [0.2, 0.25) is 4.80 Å². The van der Waals surface area contributed by atoms with Crippen LogP contribution in [0.5, 0.6) is 0 Å². The fraction of sp³-hybridized carbons (Fsp3) is 0.385. The zero-order valence-electron chi connectivity index (χ0n) is 10.9. The van der Waals surface area contributed by atoms with Crippen molar-refractivity contribution in [2.75, 3.05) is 6.54 Å². The molecule has 0 saturated carbocycles. The summed E-state index contributed by atoms with van der Waals surface area (Å²) in [5.41, 5.74) is 2.25. The molecule has 0 aliphatic carbocycles. The molecule has 0 spiro atoms. The Kier molecular flexibility index (Phi) is 4.49. The van der Waals surface area contributed by atoms with Gasteiger partial charge in [-0.25, -0.2) is 4.68 Å². The highest BCUT2D eigenvalue weighted by Gasteiger charge is 2.08. The summed E-state index contributed by atoms with van der Waals surface area (Å²) in [5.74, 6) is 0. The maximum atomic E-state index is 4.67. The minimum atomic E-state index is 0.783. The molecule has 0 unspecified atom stereocenters. The third kappa shape index (κ3) is 2.79. The fourth-order valence-electron chi connectivity index (χ4n) is 1.48. The Morgan fingerprint density at radius 2 is 2.17 bits per heavy atom. The topological polar surface area (TPSA) is 29.6 Å². The zero-order chi connectivity index (χ0) is 13.0. The maximum Gasteiger partial charge on any atom is 0.206 e. The quantitative estimate of drug-likeness (QED) is 0.761. The van der Waals surface area contributed by atoms with Crippen molar-refractivity contribution in [1.29, 1.82) is 0 Å². The molecule has 2 heterocycles. The molecule has 0 atom stereocenters. The molecule has 0 fully saturated rings. The van der Waals surface area contributed by atoms with Crippen LogP contribution in [0, 0.1) is 0 Å². The Bertz CT molecular complexity index is 588. The molecule has 0 radical (unpaired) electrons. The lowest BCUT2D eigenvalue weighted by atomic mass is 10.3. The molecule has 96 valence electrons. The van der Waals surface area contributed by atoms with Crippen LogP contribution in [0.15, 0.2) is 33.0 Å². The lowest BCUT2D eigenvalue weighted by molar-refractivity contribution is 0.823. The molecule has 2 aromatic rings. The van der Waals surface area contributed by atoms with Crippen LogP contribution in [0.4, 0.5) is 0 Å². The molecule has 0 aliphatic heterocycles. The van der Waals surface area contributed by atoms with Crippen molar-refractivity contribution in [1.82, 2.24) is 4.68 Å². The number of hydrogen-bond donors (Lipinski definition) is 0. The third-order valence-electron chi connectivity index (χ3n) is 2.53. The van der Waals surface area contributed by atoms with Crippen LogP contribution in [-0.4, -0.2) is 16.9 Å². The third-order valence-corrected chi connectivity index (χ3v) is 4.28. The average molecular weight is 279 g/mol. The van der Waals surface area contributed by atoms with E-state index >= 15 is 0 Å². The van der Waals surface area contributed by atoms with Crippen molar-refractivity contribution in [3.8, 4) is 10.6 Å². The van der Waals surface area contributed by atoms with E-state index in [0.29, 0.717) is 0 Å². The van der Waals surface area contributed by atoms with E-state index in [9.17, 15) is 0 Å². The summed E-state index contributed by atoms with van der Waals surface area (Å²) in [6.07, 6.45) is 0.957. The molecule has 0 N–H and O–H groups in total. The number of aromatic nitrogens is 1. The van der Waals surface area contributed by atoms with E-state index in [1.165, 1.54) is 4.88 Å². The van der Waals surface area contributed by atoms with Gasteiger partial charge in [-0.1, -0.05) is 13.0 Å². The summed E-state index contributed by atoms with van der Waals surface area (Å²) in [6, 6.07) is 4.19. The number of rotatable bonds is 4. The van der Waals surface area contributed by atoms with Gasteiger partial charge in [0.25, 0.3) is 0 Å². The van der Waals surface area contributed by atoms with Crippen molar-refractivity contribution in [2.24, 2.45) is 10.1 Å². The van der Waals surface area contributed by atoms with Gasteiger partial charge in [-0.05, 0) is 31.7 Å². The van der Waals surface area contributed by atoms with Gasteiger partial charge in [0.15, 0.2) is 0 Å². The highest BCUT2D eigenvalue weighted by atomic mass is 32.1. The van der Waals surface area contributed by atoms with E-state index in [2.05, 4.69) is 46.8 Å². The van der Waals surface area contributed by atoms with Gasteiger partial charge in [-0.3, -0.25) is 4.99 Å². The molecule has 0 amide bonds. The average Bonchev–Trinajstić information content (AvgIpc) is 3.00. The first kappa shape index (κ1) is 13.2. The lowest BCUT2D eigenvalue weighted by Gasteiger charge is -2.02. The Balaban J connectivity index is 2.58. The van der Waals surface area contributed by atoms with Crippen molar-refractivity contribution >= 4 is 28.4 Å². The highest BCUT2D eigenvalue weighted by Crippen LogP contribution is 2.25. The largest absolute Gasteiger partial charge is 0.258 e. The van der Waals surface area contributed by atoms with Gasteiger partial charge in [0, 0.05) is 17.6 Å². The first-order valence-electron chi connectivity index (χ1n) is 6.05. The summed E-state index contributed by atoms with van der Waals surface area (Å²) in [5, 5.41) is 8.89. The van der Waals surface area contributed by atoms with E-state index in [-0.39, 0.29) is 0 Å². The van der Waals surface area contributed by atoms with Crippen LogP contribution in [0.2, 0.25) is 0 Å². The second kappa shape index (κ2) is 6.11. The maximum absolute atomic E-state index is 4.67. The summed E-state index contributed by atoms with van der Waals surface area (Å²) >= 11 is 3.38. The molecular weight excluding hydrogens is 262 g/mol. The smallest absolute Gasteiger partial charge is 0.206 e. The van der Waals surface area contributed by atoms with Crippen molar-refractivity contribution in [2.45, 2.75) is 27.2 Å². The summed E-state index contributed by atoms with van der Waals surface area (Å²) in [7, 11) is 0. The van der Waals surface area contributed by atoms with Gasteiger partial charge in [-0.2, -0.15) is 5.10 Å². The Morgan fingerprint density at radius 1 is 1.33 bits per heavy atom. The van der Waals surface area contributed by atoms with Crippen LogP contribution < -0.4 is 4.80 Å². The molecular formula is C13H17N3S2. The lowest BCUT2D eigenvalue weighted by Crippen LogP contribution is -2.13.